The molecule has 0 fully saturated rings. The molecule has 4 nitrogen and oxygen atoms in total. The number of carboxylic acids is 1. The highest BCUT2D eigenvalue weighted by Crippen LogP contribution is 2.06. The quantitative estimate of drug-likeness (QED) is 0.451. The van der Waals surface area contributed by atoms with Crippen LogP contribution in [0.3, 0.4) is 0 Å². The van der Waals surface area contributed by atoms with Crippen molar-refractivity contribution in [2.45, 2.75) is 6.10 Å². The third-order valence-corrected chi connectivity index (χ3v) is 1.73. The van der Waals surface area contributed by atoms with Crippen molar-refractivity contribution < 1.29 is 15.0 Å². The fourth-order valence-electron chi connectivity index (χ4n) is 0.307. The second-order valence-electron chi connectivity index (χ2n) is 1.51. The van der Waals surface area contributed by atoms with Gasteiger partial charge in [-0.3, -0.25) is 0 Å². The molecule has 0 spiro atoms. The first-order chi connectivity index (χ1) is 4.18. The number of carboxylic acid groups (broad SMARTS) is 1. The summed E-state index contributed by atoms with van der Waals surface area (Å²) in [5.74, 6) is -1.17. The van der Waals surface area contributed by atoms with E-state index in [0.717, 1.165) is 0 Å². The summed E-state index contributed by atoms with van der Waals surface area (Å²) < 4.78 is 0. The lowest BCUT2D eigenvalue weighted by Gasteiger charge is -2.01. The van der Waals surface area contributed by atoms with Crippen molar-refractivity contribution in [1.29, 1.82) is 0 Å². The summed E-state index contributed by atoms with van der Waals surface area (Å²) in [5.41, 5.74) is 5.09. The molecule has 2 atom stereocenters. The summed E-state index contributed by atoms with van der Waals surface area (Å²) in [6, 6.07) is 0. The molecule has 0 saturated carbocycles. The van der Waals surface area contributed by atoms with Gasteiger partial charge in [-0.15, -0.1) is 8.58 Å². The van der Waals surface area contributed by atoms with E-state index >= 15 is 0 Å². The number of carbonyl (C=O) groups is 1. The van der Waals surface area contributed by atoms with Crippen LogP contribution in [0.1, 0.15) is 0 Å². The van der Waals surface area contributed by atoms with Gasteiger partial charge in [0.15, 0.2) is 6.10 Å². The first kappa shape index (κ1) is 8.82. The van der Waals surface area contributed by atoms with Crippen LogP contribution in [-0.2, 0) is 4.79 Å². The molecule has 0 aromatic rings. The molecule has 2 unspecified atom stereocenters. The first-order valence-electron chi connectivity index (χ1n) is 2.50. The van der Waals surface area contributed by atoms with Crippen molar-refractivity contribution in [3.63, 3.8) is 0 Å². The van der Waals surface area contributed by atoms with Crippen LogP contribution in [0, 0.1) is 0 Å². The minimum Gasteiger partial charge on any atom is -0.479 e. The minimum absolute atomic E-state index is 0.270. The van der Waals surface area contributed by atoms with Gasteiger partial charge in [0.25, 0.3) is 0 Å². The van der Waals surface area contributed by atoms with Gasteiger partial charge < -0.3 is 15.9 Å². The van der Waals surface area contributed by atoms with E-state index in [1.807, 2.05) is 0 Å². The summed E-state index contributed by atoms with van der Waals surface area (Å²) in [7, 11) is 0.335. The normalized spacial score (nSPS) is 14.4. The second-order valence-corrected chi connectivity index (χ2v) is 2.83. The van der Waals surface area contributed by atoms with Crippen molar-refractivity contribution in [3.05, 3.63) is 0 Å². The van der Waals surface area contributed by atoms with E-state index < -0.39 is 12.1 Å². The third kappa shape index (κ3) is 4.33. The van der Waals surface area contributed by atoms with Gasteiger partial charge in [0.1, 0.15) is 0 Å². The molecule has 0 saturated heterocycles. The number of aliphatic hydroxyl groups is 1. The molecule has 9 heavy (non-hydrogen) atoms. The molecule has 54 valence electrons. The van der Waals surface area contributed by atoms with Gasteiger partial charge >= 0.3 is 5.97 Å². The molecule has 0 aliphatic rings. The Balaban J connectivity index is 3.27. The van der Waals surface area contributed by atoms with E-state index in [9.17, 15) is 4.79 Å². The summed E-state index contributed by atoms with van der Waals surface area (Å²) >= 11 is 0. The van der Waals surface area contributed by atoms with Crippen LogP contribution in [-0.4, -0.2) is 34.7 Å². The fourth-order valence-corrected chi connectivity index (χ4v) is 0.922. The Morgan fingerprint density at radius 2 is 2.33 bits per heavy atom. The largest absolute Gasteiger partial charge is 0.479 e. The molecule has 0 aliphatic carbocycles. The molecule has 0 aromatic heterocycles. The molecule has 0 rings (SSSR count). The Hall–Kier alpha value is -0.180. The maximum Gasteiger partial charge on any atom is 0.332 e. The molecule has 0 amide bonds. The van der Waals surface area contributed by atoms with E-state index in [0.29, 0.717) is 14.9 Å². The number of rotatable bonds is 4. The summed E-state index contributed by atoms with van der Waals surface area (Å²) in [5, 5.41) is 16.7. The summed E-state index contributed by atoms with van der Waals surface area (Å²) in [4.78, 5) is 9.92. The molecular formula is C4H10NO3P. The van der Waals surface area contributed by atoms with Gasteiger partial charge in [-0.05, 0) is 0 Å². The first-order valence-corrected chi connectivity index (χ1v) is 3.91. The van der Waals surface area contributed by atoms with E-state index in [2.05, 4.69) is 0 Å². The van der Waals surface area contributed by atoms with Crippen molar-refractivity contribution in [2.75, 3.05) is 12.4 Å². The van der Waals surface area contributed by atoms with Gasteiger partial charge in [0.05, 0.1) is 0 Å². The number of hydrogen-bond acceptors (Lipinski definition) is 3. The molecule has 5 heteroatoms. The van der Waals surface area contributed by atoms with Gasteiger partial charge in [0.2, 0.25) is 0 Å². The molecule has 0 radical (unpaired) electrons. The average Bonchev–Trinajstić information content (AvgIpc) is 1.82. The molecular weight excluding hydrogens is 141 g/mol. The predicted molar refractivity (Wildman–Crippen MR) is 35.9 cm³/mol. The van der Waals surface area contributed by atoms with Gasteiger partial charge in [0, 0.05) is 12.4 Å². The van der Waals surface area contributed by atoms with E-state index in [-0.39, 0.29) is 6.16 Å². The smallest absolute Gasteiger partial charge is 0.332 e. The zero-order valence-corrected chi connectivity index (χ0v) is 5.87. The van der Waals surface area contributed by atoms with Crippen LogP contribution < -0.4 is 5.73 Å². The fraction of sp³-hybridized carbons (Fsp3) is 0.750. The molecule has 0 heterocycles. The molecule has 0 bridgehead atoms. The Bertz CT molecular complexity index is 97.8. The molecule has 0 aromatic carbocycles. The number of aliphatic carboxylic acids is 1. The SMILES string of the molecule is NCPCC(O)C(=O)O. The predicted octanol–water partition coefficient (Wildman–Crippen LogP) is -0.973. The second kappa shape index (κ2) is 4.68. The average molecular weight is 151 g/mol. The van der Waals surface area contributed by atoms with Gasteiger partial charge in [-0.2, -0.15) is 0 Å². The van der Waals surface area contributed by atoms with Gasteiger partial charge in [-0.1, -0.05) is 0 Å². The third-order valence-electron chi connectivity index (χ3n) is 0.767. The van der Waals surface area contributed by atoms with E-state index in [1.54, 1.807) is 0 Å². The maximum absolute atomic E-state index is 9.92. The number of aliphatic hydroxyl groups excluding tert-OH is 1. The van der Waals surface area contributed by atoms with Crippen LogP contribution in [0.15, 0.2) is 0 Å². The summed E-state index contributed by atoms with van der Waals surface area (Å²) in [6.45, 7) is 0. The topological polar surface area (TPSA) is 83.5 Å². The van der Waals surface area contributed by atoms with Crippen LogP contribution in [0.25, 0.3) is 0 Å². The standard InChI is InChI=1S/C4H10NO3P/c5-2-9-1-3(6)4(7)8/h3,6,9H,1-2,5H2,(H,7,8). The van der Waals surface area contributed by atoms with E-state index in [4.69, 9.17) is 15.9 Å². The lowest BCUT2D eigenvalue weighted by Crippen LogP contribution is -2.21. The minimum atomic E-state index is -1.23. The number of hydrogen-bond donors (Lipinski definition) is 3. The monoisotopic (exact) mass is 151 g/mol. The van der Waals surface area contributed by atoms with Crippen LogP contribution in [0.4, 0.5) is 0 Å². The molecule has 4 N–H and O–H groups in total. The van der Waals surface area contributed by atoms with E-state index in [1.165, 1.54) is 0 Å². The Labute approximate surface area is 54.8 Å². The van der Waals surface area contributed by atoms with Crippen LogP contribution in [0.2, 0.25) is 0 Å². The van der Waals surface area contributed by atoms with Gasteiger partial charge in [-0.25, -0.2) is 4.79 Å². The Morgan fingerprint density at radius 3 is 2.67 bits per heavy atom. The van der Waals surface area contributed by atoms with Crippen molar-refractivity contribution in [2.24, 2.45) is 5.73 Å². The highest BCUT2D eigenvalue weighted by atomic mass is 31.1. The number of nitrogens with two attached hydrogens (primary N) is 1. The highest BCUT2D eigenvalue weighted by Gasteiger charge is 2.10. The Kier molecular flexibility index (Phi) is 4.58. The van der Waals surface area contributed by atoms with Crippen molar-refractivity contribution in [3.8, 4) is 0 Å². The zero-order chi connectivity index (χ0) is 7.28. The maximum atomic E-state index is 9.92. The zero-order valence-electron chi connectivity index (χ0n) is 4.87. The molecule has 0 aliphatic heterocycles. The Morgan fingerprint density at radius 1 is 1.78 bits per heavy atom. The van der Waals surface area contributed by atoms with Crippen LogP contribution in [0.5, 0.6) is 0 Å². The lowest BCUT2D eigenvalue weighted by molar-refractivity contribution is -0.145. The highest BCUT2D eigenvalue weighted by molar-refractivity contribution is 7.38. The van der Waals surface area contributed by atoms with Crippen molar-refractivity contribution >= 4 is 14.6 Å². The van der Waals surface area contributed by atoms with Crippen molar-refractivity contribution in [1.82, 2.24) is 0 Å². The van der Waals surface area contributed by atoms with Crippen LogP contribution >= 0.6 is 8.58 Å². The summed E-state index contributed by atoms with van der Waals surface area (Å²) in [6.07, 6.45) is -0.511. The lowest BCUT2D eigenvalue weighted by atomic mass is 10.4.